The SMILES string of the molecule is C.C.C.C.C.C/C(C=O)=C\c1ccccc1.CC(Cc1ccccc1)CN1C[C@@H](C)O[C@@H](C)C1.C[C@@H]1CNC[C@H](C)O1.Cl. The van der Waals surface area contributed by atoms with Gasteiger partial charge in [-0.3, -0.25) is 9.69 Å². The van der Waals surface area contributed by atoms with Crippen LogP contribution in [0.2, 0.25) is 0 Å². The summed E-state index contributed by atoms with van der Waals surface area (Å²) in [6.07, 6.45) is 5.42. The van der Waals surface area contributed by atoms with Gasteiger partial charge in [-0.05, 0) is 69.7 Å². The zero-order valence-electron chi connectivity index (χ0n) is 24.1. The van der Waals surface area contributed by atoms with Gasteiger partial charge in [0.15, 0.2) is 0 Å². The summed E-state index contributed by atoms with van der Waals surface area (Å²) in [6.45, 7) is 18.0. The van der Waals surface area contributed by atoms with E-state index in [4.69, 9.17) is 9.47 Å². The zero-order valence-corrected chi connectivity index (χ0v) is 25.0. The summed E-state index contributed by atoms with van der Waals surface area (Å²) < 4.78 is 11.2. The summed E-state index contributed by atoms with van der Waals surface area (Å²) >= 11 is 0. The van der Waals surface area contributed by atoms with Gasteiger partial charge in [0, 0.05) is 32.7 Å². The summed E-state index contributed by atoms with van der Waals surface area (Å²) in [5, 5.41) is 3.26. The van der Waals surface area contributed by atoms with Gasteiger partial charge in [-0.15, -0.1) is 12.4 Å². The average molecular weight is 625 g/mol. The van der Waals surface area contributed by atoms with Crippen molar-refractivity contribution in [1.29, 1.82) is 0 Å². The van der Waals surface area contributed by atoms with Gasteiger partial charge in [-0.25, -0.2) is 0 Å². The lowest BCUT2D eigenvalue weighted by molar-refractivity contribution is -0.104. The lowest BCUT2D eigenvalue weighted by atomic mass is 10.00. The number of nitrogens with one attached hydrogen (secondary N) is 1. The van der Waals surface area contributed by atoms with E-state index in [9.17, 15) is 4.79 Å². The number of carbonyl (C=O) groups excluding carboxylic acids is 1. The number of allylic oxidation sites excluding steroid dienone is 1. The van der Waals surface area contributed by atoms with E-state index in [1.807, 2.05) is 36.4 Å². The molecule has 0 radical (unpaired) electrons. The van der Waals surface area contributed by atoms with Crippen molar-refractivity contribution >= 4 is 24.8 Å². The van der Waals surface area contributed by atoms with Crippen molar-refractivity contribution in [2.45, 2.75) is 110 Å². The van der Waals surface area contributed by atoms with Crippen LogP contribution in [0.15, 0.2) is 66.2 Å². The molecule has 5 atom stereocenters. The molecule has 0 spiro atoms. The molecule has 2 aliphatic heterocycles. The summed E-state index contributed by atoms with van der Waals surface area (Å²) in [4.78, 5) is 12.8. The summed E-state index contributed by atoms with van der Waals surface area (Å²) in [5.41, 5.74) is 3.26. The number of nitrogens with zero attached hydrogens (tertiary/aromatic N) is 1. The van der Waals surface area contributed by atoms with Crippen LogP contribution in [-0.2, 0) is 20.7 Å². The number of halogens is 1. The van der Waals surface area contributed by atoms with Gasteiger partial charge in [0.1, 0.15) is 6.29 Å². The molecule has 1 N–H and O–H groups in total. The number of rotatable bonds is 6. The molecule has 0 amide bonds. The largest absolute Gasteiger partial charge is 0.373 e. The first-order valence-corrected chi connectivity index (χ1v) is 13.7. The van der Waals surface area contributed by atoms with E-state index in [1.165, 1.54) is 18.5 Å². The average Bonchev–Trinajstić information content (AvgIpc) is 2.85. The molecular weight excluding hydrogens is 556 g/mol. The Morgan fingerprint density at radius 1 is 0.814 bits per heavy atom. The molecule has 2 aromatic rings. The number of ether oxygens (including phenoxy) is 2. The highest BCUT2D eigenvalue weighted by molar-refractivity contribution is 5.85. The van der Waals surface area contributed by atoms with E-state index >= 15 is 0 Å². The monoisotopic (exact) mass is 624 g/mol. The second kappa shape index (κ2) is 28.7. The van der Waals surface area contributed by atoms with Crippen molar-refractivity contribution < 1.29 is 14.3 Å². The highest BCUT2D eigenvalue weighted by atomic mass is 35.5. The summed E-state index contributed by atoms with van der Waals surface area (Å²) in [6, 6.07) is 20.6. The number of hydrogen-bond donors (Lipinski definition) is 1. The third kappa shape index (κ3) is 23.1. The topological polar surface area (TPSA) is 50.8 Å². The van der Waals surface area contributed by atoms with Gasteiger partial charge >= 0.3 is 0 Å². The van der Waals surface area contributed by atoms with Crippen LogP contribution in [0.5, 0.6) is 0 Å². The molecular formula is C37H69ClN2O3. The number of morpholine rings is 2. The Morgan fingerprint density at radius 3 is 1.67 bits per heavy atom. The third-order valence-corrected chi connectivity index (χ3v) is 6.20. The molecule has 2 aromatic carbocycles. The molecule has 5 nitrogen and oxygen atoms in total. The molecule has 0 aliphatic carbocycles. The van der Waals surface area contributed by atoms with Crippen molar-refractivity contribution in [3.63, 3.8) is 0 Å². The number of hydrogen-bond acceptors (Lipinski definition) is 5. The van der Waals surface area contributed by atoms with E-state index in [1.54, 1.807) is 6.92 Å². The Bertz CT molecular complexity index is 893. The molecule has 0 saturated carbocycles. The highest BCUT2D eigenvalue weighted by Crippen LogP contribution is 2.15. The van der Waals surface area contributed by atoms with E-state index in [0.717, 1.165) is 43.6 Å². The Morgan fingerprint density at radius 2 is 1.26 bits per heavy atom. The quantitative estimate of drug-likeness (QED) is 0.256. The van der Waals surface area contributed by atoms with Crippen molar-refractivity contribution in [1.82, 2.24) is 10.2 Å². The van der Waals surface area contributed by atoms with E-state index in [0.29, 0.717) is 30.3 Å². The number of benzene rings is 2. The van der Waals surface area contributed by atoms with Gasteiger partial charge in [0.2, 0.25) is 0 Å². The Hall–Kier alpha value is -2.02. The first-order valence-electron chi connectivity index (χ1n) is 13.7. The number of carbonyl (C=O) groups is 1. The van der Waals surface area contributed by atoms with Crippen LogP contribution in [0.25, 0.3) is 6.08 Å². The molecule has 6 heteroatoms. The first-order chi connectivity index (χ1) is 17.7. The van der Waals surface area contributed by atoms with Crippen molar-refractivity contribution in [2.75, 3.05) is 32.7 Å². The van der Waals surface area contributed by atoms with Crippen LogP contribution >= 0.6 is 12.4 Å². The minimum Gasteiger partial charge on any atom is -0.373 e. The van der Waals surface area contributed by atoms with E-state index < -0.39 is 0 Å². The molecule has 1 unspecified atom stereocenters. The smallest absolute Gasteiger partial charge is 0.145 e. The van der Waals surface area contributed by atoms with Crippen LogP contribution in [0.3, 0.4) is 0 Å². The fourth-order valence-corrected chi connectivity index (χ4v) is 4.78. The zero-order chi connectivity index (χ0) is 27.0. The van der Waals surface area contributed by atoms with E-state index in [-0.39, 0.29) is 49.5 Å². The summed E-state index contributed by atoms with van der Waals surface area (Å²) in [5.74, 6) is 0.699. The molecule has 2 fully saturated rings. The maximum Gasteiger partial charge on any atom is 0.145 e. The van der Waals surface area contributed by atoms with Crippen LogP contribution in [-0.4, -0.2) is 68.3 Å². The Labute approximate surface area is 274 Å². The molecule has 2 heterocycles. The minimum atomic E-state index is 0. The Kier molecular flexibility index (Phi) is 33.8. The minimum absolute atomic E-state index is 0. The molecule has 252 valence electrons. The molecule has 0 aromatic heterocycles. The summed E-state index contributed by atoms with van der Waals surface area (Å²) in [7, 11) is 0. The standard InChI is InChI=1S/C16H25NO.C10H10O.C6H13NO.5CH4.ClH/c1-13(9-16-7-5-4-6-8-16)10-17-11-14(2)18-15(3)12-17;1-9(8-11)7-10-5-3-2-4-6-10;1-5-3-7-4-6(2)8-5;;;;;;/h4-8,13-15H,9-12H2,1-3H3;2-8H,1H3;5-7H,3-4H2,1-2H3;5*1H4;1H/b;9-7+;;;;;;;/t13?,14-,15+;;5-,6+;;;;;;. The predicted molar refractivity (Wildman–Crippen MR) is 196 cm³/mol. The fraction of sp³-hybridized carbons (Fsp3) is 0.595. The highest BCUT2D eigenvalue weighted by Gasteiger charge is 2.23. The second-order valence-corrected chi connectivity index (χ2v) is 10.6. The number of aldehydes is 1. The van der Waals surface area contributed by atoms with Crippen LogP contribution < -0.4 is 5.32 Å². The van der Waals surface area contributed by atoms with Crippen molar-refractivity contribution in [3.05, 3.63) is 77.4 Å². The third-order valence-electron chi connectivity index (χ3n) is 6.20. The normalized spacial score (nSPS) is 21.6. The lowest BCUT2D eigenvalue weighted by Crippen LogP contribution is -2.47. The molecule has 2 aliphatic rings. The van der Waals surface area contributed by atoms with Gasteiger partial charge in [-0.2, -0.15) is 0 Å². The lowest BCUT2D eigenvalue weighted by Gasteiger charge is -2.36. The van der Waals surface area contributed by atoms with Crippen LogP contribution in [0.1, 0.15) is 89.8 Å². The maximum atomic E-state index is 10.2. The van der Waals surface area contributed by atoms with Gasteiger partial charge < -0.3 is 14.8 Å². The Balaban J connectivity index is -0.000000169. The van der Waals surface area contributed by atoms with E-state index in [2.05, 4.69) is 75.2 Å². The molecule has 2 saturated heterocycles. The van der Waals surface area contributed by atoms with Gasteiger partial charge in [-0.1, -0.05) is 105 Å². The molecule has 43 heavy (non-hydrogen) atoms. The van der Waals surface area contributed by atoms with Gasteiger partial charge in [0.05, 0.1) is 24.4 Å². The van der Waals surface area contributed by atoms with Crippen molar-refractivity contribution in [3.8, 4) is 0 Å². The second-order valence-electron chi connectivity index (χ2n) is 10.6. The predicted octanol–water partition coefficient (Wildman–Crippen LogP) is 9.25. The van der Waals surface area contributed by atoms with Crippen molar-refractivity contribution in [2.24, 2.45) is 5.92 Å². The maximum absolute atomic E-state index is 10.2. The molecule has 4 rings (SSSR count). The van der Waals surface area contributed by atoms with Crippen LogP contribution in [0.4, 0.5) is 0 Å². The fourth-order valence-electron chi connectivity index (χ4n) is 4.78. The van der Waals surface area contributed by atoms with Crippen LogP contribution in [0, 0.1) is 5.92 Å². The van der Waals surface area contributed by atoms with Gasteiger partial charge in [0.25, 0.3) is 0 Å². The first kappa shape index (κ1) is 50.6. The molecule has 0 bridgehead atoms.